The molecule has 1 aliphatic rings. The minimum atomic E-state index is -0.0485. The number of rotatable bonds is 10. The van der Waals surface area contributed by atoms with Crippen molar-refractivity contribution < 1.29 is 4.79 Å². The third-order valence-electron chi connectivity index (χ3n) is 4.33. The predicted octanol–water partition coefficient (Wildman–Crippen LogP) is 3.77. The van der Waals surface area contributed by atoms with Crippen molar-refractivity contribution in [3.63, 3.8) is 0 Å². The summed E-state index contributed by atoms with van der Waals surface area (Å²) in [4.78, 5) is 12.0. The molecule has 1 aliphatic carbocycles. The van der Waals surface area contributed by atoms with Gasteiger partial charge in [-0.25, -0.2) is 0 Å². The summed E-state index contributed by atoms with van der Waals surface area (Å²) in [7, 11) is 0. The van der Waals surface area contributed by atoms with Crippen molar-refractivity contribution >= 4 is 5.91 Å². The van der Waals surface area contributed by atoms with Gasteiger partial charge >= 0.3 is 0 Å². The van der Waals surface area contributed by atoms with E-state index in [-0.39, 0.29) is 11.9 Å². The van der Waals surface area contributed by atoms with Crippen molar-refractivity contribution in [2.75, 3.05) is 6.54 Å². The maximum atomic E-state index is 12.0. The predicted molar refractivity (Wildman–Crippen MR) is 85.9 cm³/mol. The highest BCUT2D eigenvalue weighted by atomic mass is 16.2. The van der Waals surface area contributed by atoms with E-state index in [1.807, 2.05) is 6.92 Å². The second-order valence-electron chi connectivity index (χ2n) is 6.29. The molecule has 1 rings (SSSR count). The Kier molecular flexibility index (Phi) is 9.73. The van der Waals surface area contributed by atoms with Crippen LogP contribution in [0.1, 0.15) is 84.5 Å². The Labute approximate surface area is 125 Å². The van der Waals surface area contributed by atoms with Gasteiger partial charge in [-0.15, -0.1) is 0 Å². The summed E-state index contributed by atoms with van der Waals surface area (Å²) in [5.41, 5.74) is 0. The minimum Gasteiger partial charge on any atom is -0.352 e. The van der Waals surface area contributed by atoms with Gasteiger partial charge < -0.3 is 10.6 Å². The van der Waals surface area contributed by atoms with Crippen molar-refractivity contribution in [3.8, 4) is 0 Å². The van der Waals surface area contributed by atoms with Crippen molar-refractivity contribution in [3.05, 3.63) is 0 Å². The average molecular weight is 282 g/mol. The van der Waals surface area contributed by atoms with Gasteiger partial charge in [-0.1, -0.05) is 58.3 Å². The van der Waals surface area contributed by atoms with Crippen molar-refractivity contribution in [1.82, 2.24) is 10.6 Å². The molecule has 20 heavy (non-hydrogen) atoms. The highest BCUT2D eigenvalue weighted by Gasteiger charge is 2.18. The van der Waals surface area contributed by atoms with E-state index in [0.29, 0.717) is 6.04 Å². The minimum absolute atomic E-state index is 0.0485. The van der Waals surface area contributed by atoms with Crippen LogP contribution in [0.2, 0.25) is 0 Å². The summed E-state index contributed by atoms with van der Waals surface area (Å²) in [5.74, 6) is 0.183. The fourth-order valence-corrected chi connectivity index (χ4v) is 2.89. The smallest absolute Gasteiger partial charge is 0.237 e. The van der Waals surface area contributed by atoms with E-state index in [1.165, 1.54) is 57.8 Å². The molecule has 1 fully saturated rings. The zero-order valence-electron chi connectivity index (χ0n) is 13.5. The first-order valence-electron chi connectivity index (χ1n) is 8.77. The Morgan fingerprint density at radius 2 is 1.70 bits per heavy atom. The fraction of sp³-hybridized carbons (Fsp3) is 0.941. The van der Waals surface area contributed by atoms with Gasteiger partial charge in [-0.05, 0) is 32.7 Å². The summed E-state index contributed by atoms with van der Waals surface area (Å²) >= 11 is 0. The Morgan fingerprint density at radius 3 is 2.40 bits per heavy atom. The third kappa shape index (κ3) is 7.88. The van der Waals surface area contributed by atoms with Crippen LogP contribution in [0.15, 0.2) is 0 Å². The van der Waals surface area contributed by atoms with Gasteiger partial charge in [0.2, 0.25) is 5.91 Å². The van der Waals surface area contributed by atoms with Gasteiger partial charge in [-0.3, -0.25) is 4.79 Å². The Morgan fingerprint density at radius 1 is 1.05 bits per heavy atom. The molecule has 0 aromatic heterocycles. The molecule has 2 N–H and O–H groups in total. The largest absolute Gasteiger partial charge is 0.352 e. The zero-order valence-corrected chi connectivity index (χ0v) is 13.5. The maximum Gasteiger partial charge on any atom is 0.237 e. The number of unbranched alkanes of at least 4 members (excludes halogenated alkanes) is 5. The maximum absolute atomic E-state index is 12.0. The number of carbonyl (C=O) groups is 1. The van der Waals surface area contributed by atoms with Crippen LogP contribution in [0.4, 0.5) is 0 Å². The topological polar surface area (TPSA) is 41.1 Å². The summed E-state index contributed by atoms with van der Waals surface area (Å²) in [6.07, 6.45) is 14.0. The van der Waals surface area contributed by atoms with E-state index >= 15 is 0 Å². The molecule has 0 aliphatic heterocycles. The van der Waals surface area contributed by atoms with Gasteiger partial charge in [0.15, 0.2) is 0 Å². The Hall–Kier alpha value is -0.570. The van der Waals surface area contributed by atoms with Crippen LogP contribution in [0, 0.1) is 0 Å². The van der Waals surface area contributed by atoms with Gasteiger partial charge in [0.25, 0.3) is 0 Å². The molecule has 3 nitrogen and oxygen atoms in total. The number of hydrogen-bond donors (Lipinski definition) is 2. The fourth-order valence-electron chi connectivity index (χ4n) is 2.89. The lowest BCUT2D eigenvalue weighted by Gasteiger charge is -2.24. The molecule has 0 heterocycles. The molecule has 1 atom stereocenters. The molecule has 0 spiro atoms. The van der Waals surface area contributed by atoms with E-state index < -0.39 is 0 Å². The highest BCUT2D eigenvalue weighted by molar-refractivity contribution is 5.81. The molecule has 0 radical (unpaired) electrons. The number of carbonyl (C=O) groups excluding carboxylic acids is 1. The highest BCUT2D eigenvalue weighted by Crippen LogP contribution is 2.17. The molecule has 1 saturated carbocycles. The van der Waals surface area contributed by atoms with Crippen molar-refractivity contribution in [1.29, 1.82) is 0 Å². The van der Waals surface area contributed by atoms with Gasteiger partial charge in [-0.2, -0.15) is 0 Å². The molecule has 1 unspecified atom stereocenters. The molecule has 118 valence electrons. The van der Waals surface area contributed by atoms with Gasteiger partial charge in [0.05, 0.1) is 6.04 Å². The number of hydrogen-bond acceptors (Lipinski definition) is 2. The van der Waals surface area contributed by atoms with Crippen LogP contribution < -0.4 is 10.6 Å². The number of amides is 1. The average Bonchev–Trinajstić information content (AvgIpc) is 2.47. The second-order valence-corrected chi connectivity index (χ2v) is 6.29. The SMILES string of the molecule is CCCCCCCCNC(C)C(=O)NC1CCCCC1. The van der Waals surface area contributed by atoms with Crippen LogP contribution in [0.25, 0.3) is 0 Å². The Bertz CT molecular complexity index is 249. The molecular formula is C17H34N2O. The summed E-state index contributed by atoms with van der Waals surface area (Å²) in [5, 5.41) is 6.54. The lowest BCUT2D eigenvalue weighted by Crippen LogP contribution is -2.47. The van der Waals surface area contributed by atoms with E-state index in [4.69, 9.17) is 0 Å². The van der Waals surface area contributed by atoms with Crippen LogP contribution in [-0.2, 0) is 4.79 Å². The molecule has 0 aromatic carbocycles. The molecular weight excluding hydrogens is 248 g/mol. The molecule has 0 saturated heterocycles. The van der Waals surface area contributed by atoms with E-state index in [2.05, 4.69) is 17.6 Å². The van der Waals surface area contributed by atoms with Crippen molar-refractivity contribution in [2.24, 2.45) is 0 Å². The standard InChI is InChI=1S/C17H34N2O/c1-3-4-5-6-7-11-14-18-15(2)17(20)19-16-12-9-8-10-13-16/h15-16,18H,3-14H2,1-2H3,(H,19,20). The first kappa shape index (κ1) is 17.5. The normalized spacial score (nSPS) is 17.9. The zero-order chi connectivity index (χ0) is 14.6. The van der Waals surface area contributed by atoms with Crippen LogP contribution >= 0.6 is 0 Å². The lowest BCUT2D eigenvalue weighted by atomic mass is 9.95. The Balaban J connectivity index is 2.00. The second kappa shape index (κ2) is 11.1. The quantitative estimate of drug-likeness (QED) is 0.599. The first-order chi connectivity index (χ1) is 9.74. The molecule has 0 bridgehead atoms. The van der Waals surface area contributed by atoms with E-state index in [9.17, 15) is 4.79 Å². The van der Waals surface area contributed by atoms with Crippen molar-refractivity contribution in [2.45, 2.75) is 96.6 Å². The molecule has 3 heteroatoms. The van der Waals surface area contributed by atoms with Gasteiger partial charge in [0, 0.05) is 6.04 Å². The molecule has 1 amide bonds. The van der Waals surface area contributed by atoms with E-state index in [1.54, 1.807) is 0 Å². The molecule has 0 aromatic rings. The van der Waals surface area contributed by atoms with Crippen LogP contribution in [-0.4, -0.2) is 24.5 Å². The summed E-state index contributed by atoms with van der Waals surface area (Å²) in [6.45, 7) is 5.19. The monoisotopic (exact) mass is 282 g/mol. The third-order valence-corrected chi connectivity index (χ3v) is 4.33. The lowest BCUT2D eigenvalue weighted by molar-refractivity contribution is -0.123. The summed E-state index contributed by atoms with van der Waals surface area (Å²) < 4.78 is 0. The van der Waals surface area contributed by atoms with Crippen LogP contribution in [0.5, 0.6) is 0 Å². The van der Waals surface area contributed by atoms with E-state index in [0.717, 1.165) is 19.4 Å². The first-order valence-corrected chi connectivity index (χ1v) is 8.77. The van der Waals surface area contributed by atoms with Gasteiger partial charge in [0.1, 0.15) is 0 Å². The summed E-state index contributed by atoms with van der Waals surface area (Å²) in [6, 6.07) is 0.377. The number of nitrogens with one attached hydrogen (secondary N) is 2. The van der Waals surface area contributed by atoms with Crippen LogP contribution in [0.3, 0.4) is 0 Å².